The highest BCUT2D eigenvalue weighted by atomic mass is 16.5. The molecule has 4 bridgehead atoms. The van der Waals surface area contributed by atoms with Crippen LogP contribution in [0.25, 0.3) is 0 Å². The van der Waals surface area contributed by atoms with Gasteiger partial charge in [0, 0.05) is 12.6 Å². The minimum absolute atomic E-state index is 0.166. The second kappa shape index (κ2) is 1.88. The monoisotopic (exact) mass is 167 g/mol. The van der Waals surface area contributed by atoms with Crippen LogP contribution in [0.3, 0.4) is 0 Å². The minimum atomic E-state index is 0.166. The molecule has 68 valence electrons. The molecule has 0 spiro atoms. The van der Waals surface area contributed by atoms with Gasteiger partial charge in [0.1, 0.15) is 0 Å². The van der Waals surface area contributed by atoms with E-state index in [4.69, 9.17) is 10.5 Å². The van der Waals surface area contributed by atoms with Crippen molar-refractivity contribution in [2.24, 2.45) is 17.6 Å². The zero-order chi connectivity index (χ0) is 8.40. The van der Waals surface area contributed by atoms with E-state index in [0.29, 0.717) is 0 Å². The molecule has 0 heterocycles. The number of nitrogens with two attached hydrogens (primary N) is 1. The third-order valence-corrected chi connectivity index (χ3v) is 4.46. The summed E-state index contributed by atoms with van der Waals surface area (Å²) in [4.78, 5) is 0. The zero-order valence-corrected chi connectivity index (χ0v) is 7.68. The quantitative estimate of drug-likeness (QED) is 0.638. The third kappa shape index (κ3) is 0.686. The summed E-state index contributed by atoms with van der Waals surface area (Å²) in [6.07, 6.45) is 6.28. The van der Waals surface area contributed by atoms with Gasteiger partial charge in [-0.15, -0.1) is 0 Å². The van der Waals surface area contributed by atoms with Crippen molar-refractivity contribution < 1.29 is 4.74 Å². The van der Waals surface area contributed by atoms with E-state index in [1.807, 2.05) is 7.11 Å². The van der Waals surface area contributed by atoms with Crippen molar-refractivity contribution in [1.82, 2.24) is 0 Å². The van der Waals surface area contributed by atoms with E-state index in [2.05, 4.69) is 0 Å². The molecule has 12 heavy (non-hydrogen) atoms. The maximum Gasteiger partial charge on any atom is 0.0702 e. The van der Waals surface area contributed by atoms with Gasteiger partial charge in [-0.25, -0.2) is 0 Å². The molecule has 4 rings (SSSR count). The Labute approximate surface area is 73.5 Å². The van der Waals surface area contributed by atoms with Crippen molar-refractivity contribution in [2.45, 2.75) is 43.2 Å². The van der Waals surface area contributed by atoms with Gasteiger partial charge in [0.15, 0.2) is 0 Å². The molecule has 4 atom stereocenters. The van der Waals surface area contributed by atoms with Gasteiger partial charge in [0.25, 0.3) is 0 Å². The van der Waals surface area contributed by atoms with Crippen LogP contribution in [0.1, 0.15) is 32.1 Å². The molecule has 0 aliphatic heterocycles. The highest BCUT2D eigenvalue weighted by Crippen LogP contribution is 2.62. The lowest BCUT2D eigenvalue weighted by atomic mass is 9.77. The molecule has 2 heteroatoms. The molecule has 0 amide bonds. The Morgan fingerprint density at radius 3 is 2.75 bits per heavy atom. The van der Waals surface area contributed by atoms with E-state index in [1.165, 1.54) is 25.7 Å². The van der Waals surface area contributed by atoms with Crippen LogP contribution in [-0.4, -0.2) is 18.2 Å². The van der Waals surface area contributed by atoms with Gasteiger partial charge in [0.2, 0.25) is 0 Å². The first-order valence-electron chi connectivity index (χ1n) is 5.00. The number of hydrogen-bond donors (Lipinski definition) is 1. The van der Waals surface area contributed by atoms with Crippen molar-refractivity contribution in [1.29, 1.82) is 0 Å². The lowest BCUT2D eigenvalue weighted by molar-refractivity contribution is -0.0519. The predicted molar refractivity (Wildman–Crippen MR) is 46.7 cm³/mol. The van der Waals surface area contributed by atoms with E-state index < -0.39 is 0 Å². The van der Waals surface area contributed by atoms with E-state index in [1.54, 1.807) is 0 Å². The van der Waals surface area contributed by atoms with Crippen molar-refractivity contribution in [3.05, 3.63) is 0 Å². The van der Waals surface area contributed by atoms with Crippen LogP contribution < -0.4 is 5.73 Å². The Kier molecular flexibility index (Phi) is 1.15. The van der Waals surface area contributed by atoms with Crippen LogP contribution in [0.4, 0.5) is 0 Å². The van der Waals surface area contributed by atoms with Gasteiger partial charge in [-0.2, -0.15) is 0 Å². The molecule has 0 aromatic rings. The maximum absolute atomic E-state index is 6.37. The van der Waals surface area contributed by atoms with Crippen molar-refractivity contribution in [3.8, 4) is 0 Å². The fourth-order valence-electron chi connectivity index (χ4n) is 4.12. The Balaban J connectivity index is 1.99. The highest BCUT2D eigenvalue weighted by Gasteiger charge is 2.62. The fraction of sp³-hybridized carbons (Fsp3) is 1.00. The molecule has 0 saturated heterocycles. The summed E-state index contributed by atoms with van der Waals surface area (Å²) in [5, 5.41) is 0. The Morgan fingerprint density at radius 1 is 1.33 bits per heavy atom. The van der Waals surface area contributed by atoms with Gasteiger partial charge in [0.05, 0.1) is 5.60 Å². The van der Waals surface area contributed by atoms with Gasteiger partial charge in [-0.3, -0.25) is 0 Å². The molecule has 0 radical (unpaired) electrons. The van der Waals surface area contributed by atoms with Crippen LogP contribution in [-0.2, 0) is 4.74 Å². The van der Waals surface area contributed by atoms with Gasteiger partial charge in [-0.05, 0) is 43.9 Å². The van der Waals surface area contributed by atoms with Crippen LogP contribution in [0, 0.1) is 11.8 Å². The second-order valence-electron chi connectivity index (χ2n) is 5.21. The second-order valence-corrected chi connectivity index (χ2v) is 5.21. The smallest absolute Gasteiger partial charge is 0.0702 e. The Hall–Kier alpha value is -0.0800. The SMILES string of the molecule is COC12CC3CC(C1)C(N)(C3)C2. The highest BCUT2D eigenvalue weighted by molar-refractivity contribution is 5.17. The standard InChI is InChI=1S/C10H17NO/c1-12-9-3-7-2-8(5-9)10(11,4-7)6-9/h7-8H,2-6,11H2,1H3. The summed E-state index contributed by atoms with van der Waals surface area (Å²) in [6, 6.07) is 0. The average molecular weight is 167 g/mol. The summed E-state index contributed by atoms with van der Waals surface area (Å²) < 4.78 is 5.66. The average Bonchev–Trinajstić information content (AvgIpc) is 2.33. The summed E-state index contributed by atoms with van der Waals surface area (Å²) >= 11 is 0. The molecule has 4 saturated carbocycles. The molecule has 4 aliphatic carbocycles. The number of rotatable bonds is 1. The number of ether oxygens (including phenoxy) is 1. The fourth-order valence-corrected chi connectivity index (χ4v) is 4.12. The molecule has 4 unspecified atom stereocenters. The molecule has 2 nitrogen and oxygen atoms in total. The first-order chi connectivity index (χ1) is 5.66. The van der Waals surface area contributed by atoms with Crippen molar-refractivity contribution in [3.63, 3.8) is 0 Å². The van der Waals surface area contributed by atoms with Gasteiger partial charge >= 0.3 is 0 Å². The first-order valence-corrected chi connectivity index (χ1v) is 5.00. The normalized spacial score (nSPS) is 61.5. The molecular formula is C10H17NO. The Morgan fingerprint density at radius 2 is 2.17 bits per heavy atom. The van der Waals surface area contributed by atoms with E-state index in [9.17, 15) is 0 Å². The van der Waals surface area contributed by atoms with Gasteiger partial charge in [-0.1, -0.05) is 0 Å². The van der Waals surface area contributed by atoms with Crippen LogP contribution in [0.5, 0.6) is 0 Å². The third-order valence-electron chi connectivity index (χ3n) is 4.46. The van der Waals surface area contributed by atoms with Crippen LogP contribution in [0.15, 0.2) is 0 Å². The largest absolute Gasteiger partial charge is 0.378 e. The Bertz CT molecular complexity index is 230. The summed E-state index contributed by atoms with van der Waals surface area (Å²) in [6.45, 7) is 0. The predicted octanol–water partition coefficient (Wildman–Crippen LogP) is 1.29. The summed E-state index contributed by atoms with van der Waals surface area (Å²) in [7, 11) is 1.86. The molecular weight excluding hydrogens is 150 g/mol. The van der Waals surface area contributed by atoms with E-state index in [0.717, 1.165) is 18.3 Å². The van der Waals surface area contributed by atoms with E-state index >= 15 is 0 Å². The zero-order valence-electron chi connectivity index (χ0n) is 7.68. The van der Waals surface area contributed by atoms with Crippen molar-refractivity contribution >= 4 is 0 Å². The topological polar surface area (TPSA) is 35.2 Å². The first kappa shape index (κ1) is 7.34. The number of methoxy groups -OCH3 is 1. The molecule has 4 aliphatic rings. The number of hydrogen-bond acceptors (Lipinski definition) is 2. The van der Waals surface area contributed by atoms with Crippen LogP contribution >= 0.6 is 0 Å². The lowest BCUT2D eigenvalue weighted by Crippen LogP contribution is -2.45. The molecule has 0 aromatic carbocycles. The lowest BCUT2D eigenvalue weighted by Gasteiger charge is -2.38. The van der Waals surface area contributed by atoms with E-state index in [-0.39, 0.29) is 11.1 Å². The maximum atomic E-state index is 6.37. The van der Waals surface area contributed by atoms with Crippen molar-refractivity contribution in [2.75, 3.05) is 7.11 Å². The molecule has 2 N–H and O–H groups in total. The summed E-state index contributed by atoms with van der Waals surface area (Å²) in [5.74, 6) is 1.65. The van der Waals surface area contributed by atoms with Crippen LogP contribution in [0.2, 0.25) is 0 Å². The minimum Gasteiger partial charge on any atom is -0.378 e. The molecule has 4 fully saturated rings. The van der Waals surface area contributed by atoms with Gasteiger partial charge < -0.3 is 10.5 Å². The molecule has 0 aromatic heterocycles. The summed E-state index contributed by atoms with van der Waals surface area (Å²) in [5.41, 5.74) is 6.73.